The molecule has 34 heavy (non-hydrogen) atoms. The zero-order chi connectivity index (χ0) is 24.5. The Kier molecular flexibility index (Phi) is 9.13. The molecule has 8 heteroatoms. The molecule has 0 unspecified atom stereocenters. The average molecular weight is 472 g/mol. The number of benzene rings is 2. The van der Waals surface area contributed by atoms with Crippen molar-refractivity contribution in [2.24, 2.45) is 5.92 Å². The molecule has 1 fully saturated rings. The van der Waals surface area contributed by atoms with Crippen LogP contribution < -0.4 is 20.1 Å². The highest BCUT2D eigenvalue weighted by molar-refractivity contribution is 5.81. The van der Waals surface area contributed by atoms with Gasteiger partial charge in [0.1, 0.15) is 5.82 Å². The van der Waals surface area contributed by atoms with E-state index in [1.54, 1.807) is 31.3 Å². The summed E-state index contributed by atoms with van der Waals surface area (Å²) in [5.74, 6) is 0.304. The van der Waals surface area contributed by atoms with Crippen molar-refractivity contribution in [2.45, 2.75) is 38.6 Å². The number of methoxy groups -OCH3 is 2. The van der Waals surface area contributed by atoms with E-state index in [1.807, 2.05) is 18.2 Å². The van der Waals surface area contributed by atoms with Crippen LogP contribution in [-0.4, -0.2) is 50.7 Å². The highest BCUT2D eigenvalue weighted by atomic mass is 19.1. The lowest BCUT2D eigenvalue weighted by Crippen LogP contribution is -2.51. The number of unbranched alkanes of at least 4 members (excludes halogenated alkanes) is 1. The fourth-order valence-corrected chi connectivity index (χ4v) is 4.27. The molecule has 2 aromatic rings. The van der Waals surface area contributed by atoms with Gasteiger partial charge in [0.25, 0.3) is 0 Å². The maximum absolute atomic E-state index is 13.5. The number of ether oxygens (including phenoxy) is 2. The molecule has 184 valence electrons. The van der Waals surface area contributed by atoms with Crippen molar-refractivity contribution in [3.8, 4) is 11.5 Å². The molecule has 3 amide bonds. The van der Waals surface area contributed by atoms with Crippen molar-refractivity contribution in [3.05, 3.63) is 59.4 Å². The van der Waals surface area contributed by atoms with E-state index in [1.165, 1.54) is 12.1 Å². The van der Waals surface area contributed by atoms with Crippen molar-refractivity contribution in [1.29, 1.82) is 0 Å². The third-order valence-electron chi connectivity index (χ3n) is 6.15. The lowest BCUT2D eigenvalue weighted by Gasteiger charge is -2.37. The number of urea groups is 1. The second-order valence-electron chi connectivity index (χ2n) is 8.58. The Morgan fingerprint density at radius 3 is 2.56 bits per heavy atom. The normalized spacial score (nSPS) is 17.7. The molecular formula is C26H34FN3O4. The largest absolute Gasteiger partial charge is 0.493 e. The van der Waals surface area contributed by atoms with E-state index < -0.39 is 5.92 Å². The molecule has 0 aliphatic carbocycles. The van der Waals surface area contributed by atoms with Crippen LogP contribution >= 0.6 is 0 Å². The first-order valence-corrected chi connectivity index (χ1v) is 11.7. The van der Waals surface area contributed by atoms with Crippen LogP contribution in [0.4, 0.5) is 9.18 Å². The number of rotatable bonds is 9. The van der Waals surface area contributed by atoms with Crippen LogP contribution in [0.25, 0.3) is 0 Å². The molecule has 0 radical (unpaired) electrons. The van der Waals surface area contributed by atoms with Crippen LogP contribution in [0.3, 0.4) is 0 Å². The average Bonchev–Trinajstić information content (AvgIpc) is 2.86. The first-order chi connectivity index (χ1) is 16.4. The molecule has 3 rings (SSSR count). The second kappa shape index (κ2) is 12.3. The minimum atomic E-state index is -0.391. The Bertz CT molecular complexity index is 984. The van der Waals surface area contributed by atoms with Crippen molar-refractivity contribution >= 4 is 11.9 Å². The summed E-state index contributed by atoms with van der Waals surface area (Å²) in [6.45, 7) is 3.73. The molecule has 0 spiro atoms. The standard InChI is InChI=1S/C26H34FN3O4/c1-4-5-11-28-26(32)30-16-20(19-9-10-23(33-2)24(14-19)34-3)13-21(17-30)25(31)29-15-18-7-6-8-22(27)12-18/h6-10,12,14,20-21H,4-5,11,13,15-17H2,1-3H3,(H,28,32)(H,29,31)/t20-,21-/m0/s1. The van der Waals surface area contributed by atoms with Crippen molar-refractivity contribution in [2.75, 3.05) is 33.9 Å². The molecular weight excluding hydrogens is 437 g/mol. The van der Waals surface area contributed by atoms with Crippen molar-refractivity contribution in [1.82, 2.24) is 15.5 Å². The highest BCUT2D eigenvalue weighted by Crippen LogP contribution is 2.36. The minimum Gasteiger partial charge on any atom is -0.493 e. The lowest BCUT2D eigenvalue weighted by atomic mass is 9.84. The zero-order valence-electron chi connectivity index (χ0n) is 20.1. The molecule has 1 aliphatic rings. The Morgan fingerprint density at radius 1 is 1.06 bits per heavy atom. The van der Waals surface area contributed by atoms with Gasteiger partial charge in [0.15, 0.2) is 11.5 Å². The fourth-order valence-electron chi connectivity index (χ4n) is 4.27. The van der Waals surface area contributed by atoms with E-state index in [2.05, 4.69) is 17.6 Å². The SMILES string of the molecule is CCCCNC(=O)N1C[C@@H](C(=O)NCc2cccc(F)c2)C[C@H](c2ccc(OC)c(OC)c2)C1. The van der Waals surface area contributed by atoms with Gasteiger partial charge in [0, 0.05) is 32.1 Å². The number of amides is 3. The number of carbonyl (C=O) groups excluding carboxylic acids is 2. The maximum atomic E-state index is 13.5. The molecule has 1 heterocycles. The van der Waals surface area contributed by atoms with E-state index in [0.717, 1.165) is 18.4 Å². The minimum absolute atomic E-state index is 0.0459. The maximum Gasteiger partial charge on any atom is 0.317 e. The first kappa shape index (κ1) is 25.3. The van der Waals surface area contributed by atoms with Gasteiger partial charge in [-0.3, -0.25) is 4.79 Å². The summed E-state index contributed by atoms with van der Waals surface area (Å²) in [5.41, 5.74) is 1.67. The van der Waals surface area contributed by atoms with Gasteiger partial charge in [-0.25, -0.2) is 9.18 Å². The van der Waals surface area contributed by atoms with Gasteiger partial charge in [-0.2, -0.15) is 0 Å². The van der Waals surface area contributed by atoms with Crippen LogP contribution in [0, 0.1) is 11.7 Å². The quantitative estimate of drug-likeness (QED) is 0.541. The summed E-state index contributed by atoms with van der Waals surface area (Å²) < 4.78 is 24.3. The topological polar surface area (TPSA) is 79.9 Å². The lowest BCUT2D eigenvalue weighted by molar-refractivity contribution is -0.126. The molecule has 1 saturated heterocycles. The first-order valence-electron chi connectivity index (χ1n) is 11.7. The molecule has 2 aromatic carbocycles. The Labute approximate surface area is 200 Å². The third kappa shape index (κ3) is 6.62. The van der Waals surface area contributed by atoms with Gasteiger partial charge in [-0.15, -0.1) is 0 Å². The van der Waals surface area contributed by atoms with Crippen LogP contribution in [0.2, 0.25) is 0 Å². The highest BCUT2D eigenvalue weighted by Gasteiger charge is 2.34. The van der Waals surface area contributed by atoms with Crippen molar-refractivity contribution in [3.63, 3.8) is 0 Å². The summed E-state index contributed by atoms with van der Waals surface area (Å²) in [4.78, 5) is 27.6. The zero-order valence-corrected chi connectivity index (χ0v) is 20.1. The van der Waals surface area contributed by atoms with Gasteiger partial charge in [-0.1, -0.05) is 31.5 Å². The number of hydrogen-bond acceptors (Lipinski definition) is 4. The monoisotopic (exact) mass is 471 g/mol. The second-order valence-corrected chi connectivity index (χ2v) is 8.58. The van der Waals surface area contributed by atoms with Crippen LogP contribution in [0.5, 0.6) is 11.5 Å². The number of halogens is 1. The molecule has 2 N–H and O–H groups in total. The summed E-state index contributed by atoms with van der Waals surface area (Å²) in [7, 11) is 3.16. The van der Waals surface area contributed by atoms with Crippen LogP contribution in [-0.2, 0) is 11.3 Å². The van der Waals surface area contributed by atoms with Crippen LogP contribution in [0.15, 0.2) is 42.5 Å². The van der Waals surface area contributed by atoms with Crippen LogP contribution in [0.1, 0.15) is 43.2 Å². The molecule has 2 atom stereocenters. The summed E-state index contributed by atoms with van der Waals surface area (Å²) in [5, 5.41) is 5.87. The van der Waals surface area contributed by atoms with Gasteiger partial charge < -0.3 is 25.0 Å². The number of nitrogens with one attached hydrogen (secondary N) is 2. The van der Waals surface area contributed by atoms with Gasteiger partial charge in [0.2, 0.25) is 5.91 Å². The number of piperidine rings is 1. The molecule has 7 nitrogen and oxygen atoms in total. The van der Waals surface area contributed by atoms with Gasteiger partial charge in [0.05, 0.1) is 20.1 Å². The predicted molar refractivity (Wildman–Crippen MR) is 129 cm³/mol. The fraction of sp³-hybridized carbons (Fsp3) is 0.462. The Hall–Kier alpha value is -3.29. The number of carbonyl (C=O) groups is 2. The van der Waals surface area contributed by atoms with E-state index >= 15 is 0 Å². The summed E-state index contributed by atoms with van der Waals surface area (Å²) in [6, 6.07) is 11.7. The molecule has 1 aliphatic heterocycles. The predicted octanol–water partition coefficient (Wildman–Crippen LogP) is 4.07. The number of nitrogens with zero attached hydrogens (tertiary/aromatic N) is 1. The van der Waals surface area contributed by atoms with Gasteiger partial charge in [-0.05, 0) is 48.2 Å². The van der Waals surface area contributed by atoms with Crippen molar-refractivity contribution < 1.29 is 23.5 Å². The number of hydrogen-bond donors (Lipinski definition) is 2. The van der Waals surface area contributed by atoms with E-state index in [-0.39, 0.29) is 30.2 Å². The van der Waals surface area contributed by atoms with E-state index in [4.69, 9.17) is 9.47 Å². The number of likely N-dealkylation sites (tertiary alicyclic amines) is 1. The van der Waals surface area contributed by atoms with E-state index in [9.17, 15) is 14.0 Å². The Morgan fingerprint density at radius 2 is 1.85 bits per heavy atom. The summed E-state index contributed by atoms with van der Waals surface area (Å²) >= 11 is 0. The van der Waals surface area contributed by atoms with E-state index in [0.29, 0.717) is 43.1 Å². The smallest absolute Gasteiger partial charge is 0.317 e. The third-order valence-corrected chi connectivity index (χ3v) is 6.15. The molecule has 0 aromatic heterocycles. The molecule has 0 bridgehead atoms. The molecule has 0 saturated carbocycles. The van der Waals surface area contributed by atoms with Gasteiger partial charge >= 0.3 is 6.03 Å². The summed E-state index contributed by atoms with van der Waals surface area (Å²) in [6.07, 6.45) is 2.47. The Balaban J connectivity index is 1.76.